The van der Waals surface area contributed by atoms with E-state index in [0.717, 1.165) is 39.0 Å². The first-order valence-corrected chi connectivity index (χ1v) is 9.03. The smallest absolute Gasteiger partial charge is 0.274 e. The summed E-state index contributed by atoms with van der Waals surface area (Å²) in [5, 5.41) is 7.81. The van der Waals surface area contributed by atoms with Crippen LogP contribution in [0.5, 0.6) is 0 Å². The highest BCUT2D eigenvalue weighted by Crippen LogP contribution is 2.37. The number of hydrogen-bond acceptors (Lipinski definition) is 4. The zero-order valence-corrected chi connectivity index (χ0v) is 14.6. The molecule has 0 radical (unpaired) electrons. The number of rotatable bonds is 3. The first kappa shape index (κ1) is 16.8. The van der Waals surface area contributed by atoms with Crippen LogP contribution < -0.4 is 11.1 Å². The van der Waals surface area contributed by atoms with Gasteiger partial charge in [-0.25, -0.2) is 4.68 Å². The molecule has 0 saturated carbocycles. The van der Waals surface area contributed by atoms with Crippen LogP contribution in [-0.2, 0) is 0 Å². The molecule has 1 aromatic carbocycles. The molecule has 3 N–H and O–H groups in total. The van der Waals surface area contributed by atoms with E-state index in [2.05, 4.69) is 10.4 Å². The summed E-state index contributed by atoms with van der Waals surface area (Å²) in [7, 11) is 0. The summed E-state index contributed by atoms with van der Waals surface area (Å²) < 4.78 is 1.45. The Labute approximate surface area is 152 Å². The number of nitrogens with two attached hydrogens (primary N) is 1. The highest BCUT2D eigenvalue weighted by Gasteiger charge is 2.38. The molecule has 26 heavy (non-hydrogen) atoms. The van der Waals surface area contributed by atoms with E-state index in [1.54, 1.807) is 0 Å². The first-order valence-electron chi connectivity index (χ1n) is 9.03. The van der Waals surface area contributed by atoms with Gasteiger partial charge in [0.05, 0.1) is 5.69 Å². The van der Waals surface area contributed by atoms with E-state index in [-0.39, 0.29) is 17.3 Å². The van der Waals surface area contributed by atoms with Gasteiger partial charge in [-0.15, -0.1) is 0 Å². The molecule has 2 aromatic rings. The highest BCUT2D eigenvalue weighted by atomic mass is 16.2. The number of benzene rings is 1. The Balaban J connectivity index is 1.56. The molecule has 2 aliphatic rings. The van der Waals surface area contributed by atoms with Crippen LogP contribution in [-0.4, -0.2) is 52.7 Å². The number of carbonyl (C=O) groups is 2. The second-order valence-electron chi connectivity index (χ2n) is 7.25. The lowest BCUT2D eigenvalue weighted by molar-refractivity contribution is 0.0601. The van der Waals surface area contributed by atoms with Gasteiger partial charge >= 0.3 is 0 Å². The Bertz CT molecular complexity index is 814. The van der Waals surface area contributed by atoms with Crippen LogP contribution in [0.25, 0.3) is 5.69 Å². The van der Waals surface area contributed by atoms with E-state index in [1.165, 1.54) is 17.2 Å². The third-order valence-electron chi connectivity index (χ3n) is 5.63. The molecule has 7 heteroatoms. The van der Waals surface area contributed by atoms with Crippen LogP contribution >= 0.6 is 0 Å². The van der Waals surface area contributed by atoms with Gasteiger partial charge in [-0.05, 0) is 43.4 Å². The lowest BCUT2D eigenvalue weighted by atomic mass is 9.78. The monoisotopic (exact) mass is 353 g/mol. The van der Waals surface area contributed by atoms with Gasteiger partial charge in [-0.3, -0.25) is 9.59 Å². The van der Waals surface area contributed by atoms with Crippen molar-refractivity contribution in [1.29, 1.82) is 0 Å². The van der Waals surface area contributed by atoms with E-state index in [4.69, 9.17) is 5.73 Å². The number of hydrogen-bond donors (Lipinski definition) is 2. The molecule has 4 rings (SSSR count). The largest absolute Gasteiger partial charge is 0.364 e. The molecule has 7 nitrogen and oxygen atoms in total. The van der Waals surface area contributed by atoms with Crippen molar-refractivity contribution < 1.29 is 9.59 Å². The number of piperidine rings is 1. The number of primary amides is 1. The molecule has 2 fully saturated rings. The molecule has 2 aliphatic heterocycles. The molecule has 2 saturated heterocycles. The van der Waals surface area contributed by atoms with Gasteiger partial charge in [-0.2, -0.15) is 5.10 Å². The summed E-state index contributed by atoms with van der Waals surface area (Å²) >= 11 is 0. The zero-order valence-electron chi connectivity index (χ0n) is 14.6. The van der Waals surface area contributed by atoms with E-state index >= 15 is 0 Å². The van der Waals surface area contributed by atoms with Gasteiger partial charge < -0.3 is 16.0 Å². The lowest BCUT2D eigenvalue weighted by Gasteiger charge is -2.38. The zero-order chi connectivity index (χ0) is 18.1. The second-order valence-corrected chi connectivity index (χ2v) is 7.25. The highest BCUT2D eigenvalue weighted by molar-refractivity contribution is 5.97. The van der Waals surface area contributed by atoms with Crippen LogP contribution in [0.4, 0.5) is 0 Å². The molecule has 1 spiro atoms. The van der Waals surface area contributed by atoms with Crippen molar-refractivity contribution in [2.24, 2.45) is 11.1 Å². The third kappa shape index (κ3) is 2.99. The molecule has 0 aliphatic carbocycles. The van der Waals surface area contributed by atoms with Gasteiger partial charge in [0, 0.05) is 25.7 Å². The van der Waals surface area contributed by atoms with Gasteiger partial charge in [0.1, 0.15) is 5.69 Å². The molecule has 1 aromatic heterocycles. The van der Waals surface area contributed by atoms with Crippen molar-refractivity contribution in [2.75, 3.05) is 26.2 Å². The topological polar surface area (TPSA) is 93.2 Å². The van der Waals surface area contributed by atoms with Gasteiger partial charge in [0.25, 0.3) is 11.8 Å². The maximum absolute atomic E-state index is 12.9. The number of para-hydroxylation sites is 1. The van der Waals surface area contributed by atoms with Crippen LogP contribution in [0.2, 0.25) is 0 Å². The van der Waals surface area contributed by atoms with Gasteiger partial charge in [0.15, 0.2) is 5.69 Å². The maximum atomic E-state index is 12.9. The predicted molar refractivity (Wildman–Crippen MR) is 97.1 cm³/mol. The third-order valence-corrected chi connectivity index (χ3v) is 5.63. The molecule has 0 atom stereocenters. The van der Waals surface area contributed by atoms with E-state index in [0.29, 0.717) is 11.1 Å². The second kappa shape index (κ2) is 6.57. The minimum absolute atomic E-state index is 0.136. The van der Waals surface area contributed by atoms with Crippen LogP contribution in [0.3, 0.4) is 0 Å². The number of likely N-dealkylation sites (tertiary alicyclic amines) is 1. The quantitative estimate of drug-likeness (QED) is 0.867. The molecule has 0 bridgehead atoms. The summed E-state index contributed by atoms with van der Waals surface area (Å²) in [6.45, 7) is 3.57. The average Bonchev–Trinajstić information content (AvgIpc) is 3.30. The standard InChI is InChI=1S/C19H23N5O2/c20-17(25)16-12-15(22-24(16)14-4-2-1-3-5-14)18(26)23-10-7-19(8-11-23)6-9-21-13-19/h1-5,12,21H,6-11,13H2,(H2,20,25). The molecule has 0 unspecified atom stereocenters. The summed E-state index contributed by atoms with van der Waals surface area (Å²) in [5.41, 5.74) is 7.02. The summed E-state index contributed by atoms with van der Waals surface area (Å²) in [5.74, 6) is -0.738. The number of nitrogens with zero attached hydrogens (tertiary/aromatic N) is 3. The maximum Gasteiger partial charge on any atom is 0.274 e. The van der Waals surface area contributed by atoms with Crippen molar-refractivity contribution in [2.45, 2.75) is 19.3 Å². The molecule has 136 valence electrons. The van der Waals surface area contributed by atoms with E-state index in [9.17, 15) is 9.59 Å². The van der Waals surface area contributed by atoms with Crippen molar-refractivity contribution in [1.82, 2.24) is 20.0 Å². The predicted octanol–water partition coefficient (Wildman–Crippen LogP) is 1.19. The fraction of sp³-hybridized carbons (Fsp3) is 0.421. The molecule has 3 heterocycles. The van der Waals surface area contributed by atoms with Crippen molar-refractivity contribution in [3.63, 3.8) is 0 Å². The van der Waals surface area contributed by atoms with Crippen LogP contribution in [0.1, 0.15) is 40.2 Å². The summed E-state index contributed by atoms with van der Waals surface area (Å²) in [6.07, 6.45) is 3.20. The normalized spacial score (nSPS) is 19.0. The van der Waals surface area contributed by atoms with Crippen LogP contribution in [0.15, 0.2) is 36.4 Å². The molecule has 2 amide bonds. The van der Waals surface area contributed by atoms with Crippen LogP contribution in [0, 0.1) is 5.41 Å². The van der Waals surface area contributed by atoms with Crippen molar-refractivity contribution >= 4 is 11.8 Å². The van der Waals surface area contributed by atoms with Gasteiger partial charge in [0.2, 0.25) is 0 Å². The summed E-state index contributed by atoms with van der Waals surface area (Å²) in [4.78, 5) is 26.6. The molecular formula is C19H23N5O2. The van der Waals surface area contributed by atoms with Crippen molar-refractivity contribution in [3.05, 3.63) is 47.8 Å². The Kier molecular flexibility index (Phi) is 4.24. The first-order chi connectivity index (χ1) is 12.6. The fourth-order valence-electron chi connectivity index (χ4n) is 4.00. The van der Waals surface area contributed by atoms with E-state index in [1.807, 2.05) is 35.2 Å². The lowest BCUT2D eigenvalue weighted by Crippen LogP contribution is -2.44. The Hall–Kier alpha value is -2.67. The summed E-state index contributed by atoms with van der Waals surface area (Å²) in [6, 6.07) is 10.7. The number of amides is 2. The van der Waals surface area contributed by atoms with Crippen molar-refractivity contribution in [3.8, 4) is 5.69 Å². The number of carbonyl (C=O) groups excluding carboxylic acids is 2. The Morgan fingerprint density at radius 2 is 1.85 bits per heavy atom. The SMILES string of the molecule is NC(=O)c1cc(C(=O)N2CCC3(CCNC3)CC2)nn1-c1ccccc1. The number of nitrogens with one attached hydrogen (secondary N) is 1. The number of aromatic nitrogens is 2. The minimum atomic E-state index is -0.602. The molecular weight excluding hydrogens is 330 g/mol. The Morgan fingerprint density at radius 1 is 1.12 bits per heavy atom. The van der Waals surface area contributed by atoms with Gasteiger partial charge in [-0.1, -0.05) is 18.2 Å². The minimum Gasteiger partial charge on any atom is -0.364 e. The average molecular weight is 353 g/mol. The fourth-order valence-corrected chi connectivity index (χ4v) is 4.00. The Morgan fingerprint density at radius 3 is 2.46 bits per heavy atom. The van der Waals surface area contributed by atoms with E-state index < -0.39 is 5.91 Å².